The lowest BCUT2D eigenvalue weighted by Gasteiger charge is -2.10. The number of hydrogen-bond acceptors (Lipinski definition) is 5. The molecule has 1 unspecified atom stereocenters. The van der Waals surface area contributed by atoms with Crippen molar-refractivity contribution in [3.63, 3.8) is 0 Å². The maximum absolute atomic E-state index is 12.4. The molecule has 0 radical (unpaired) electrons. The monoisotopic (exact) mass is 341 g/mol. The van der Waals surface area contributed by atoms with Gasteiger partial charge < -0.3 is 10.5 Å². The Hall–Kier alpha value is -2.93. The highest BCUT2D eigenvalue weighted by molar-refractivity contribution is 7.13. The lowest BCUT2D eigenvalue weighted by Crippen LogP contribution is -2.31. The van der Waals surface area contributed by atoms with Gasteiger partial charge in [-0.25, -0.2) is 9.48 Å². The lowest BCUT2D eigenvalue weighted by atomic mass is 10.3. The van der Waals surface area contributed by atoms with E-state index in [1.54, 1.807) is 6.07 Å². The van der Waals surface area contributed by atoms with E-state index >= 15 is 0 Å². The van der Waals surface area contributed by atoms with E-state index in [1.807, 2.05) is 47.8 Å². The van der Waals surface area contributed by atoms with Gasteiger partial charge in [-0.15, -0.1) is 11.3 Å². The first-order valence-corrected chi connectivity index (χ1v) is 8.14. The SMILES string of the molecule is CC(OC(=O)c1cc(-c2cccs2)nn1-c1ccccc1)C(N)=O. The normalized spacial score (nSPS) is 11.9. The summed E-state index contributed by atoms with van der Waals surface area (Å²) in [5, 5.41) is 6.44. The predicted octanol–water partition coefficient (Wildman–Crippen LogP) is 2.63. The van der Waals surface area contributed by atoms with E-state index in [4.69, 9.17) is 10.5 Å². The fourth-order valence-corrected chi connectivity index (χ4v) is 2.80. The predicted molar refractivity (Wildman–Crippen MR) is 90.9 cm³/mol. The number of benzene rings is 1. The number of carbonyl (C=O) groups excluding carboxylic acids is 2. The molecule has 0 saturated heterocycles. The molecule has 122 valence electrons. The zero-order chi connectivity index (χ0) is 17.1. The molecule has 2 N–H and O–H groups in total. The average Bonchev–Trinajstić information content (AvgIpc) is 3.24. The number of hydrogen-bond donors (Lipinski definition) is 1. The molecule has 6 nitrogen and oxygen atoms in total. The topological polar surface area (TPSA) is 87.2 Å². The zero-order valence-corrected chi connectivity index (χ0v) is 13.7. The van der Waals surface area contributed by atoms with Crippen molar-refractivity contribution < 1.29 is 14.3 Å². The van der Waals surface area contributed by atoms with Gasteiger partial charge in [0.15, 0.2) is 11.8 Å². The fraction of sp³-hybridized carbons (Fsp3) is 0.118. The molecule has 2 aromatic heterocycles. The van der Waals surface area contributed by atoms with Gasteiger partial charge in [-0.3, -0.25) is 4.79 Å². The van der Waals surface area contributed by atoms with Crippen molar-refractivity contribution in [3.05, 3.63) is 59.6 Å². The van der Waals surface area contributed by atoms with Crippen LogP contribution in [0.25, 0.3) is 16.3 Å². The van der Waals surface area contributed by atoms with Crippen molar-refractivity contribution in [1.29, 1.82) is 0 Å². The minimum Gasteiger partial charge on any atom is -0.448 e. The molecule has 1 aromatic carbocycles. The Bertz CT molecular complexity index is 857. The number of aromatic nitrogens is 2. The number of amides is 1. The molecule has 7 heteroatoms. The molecule has 0 bridgehead atoms. The summed E-state index contributed by atoms with van der Waals surface area (Å²) >= 11 is 1.52. The maximum atomic E-state index is 12.4. The van der Waals surface area contributed by atoms with E-state index in [9.17, 15) is 9.59 Å². The number of rotatable bonds is 5. The Balaban J connectivity index is 2.03. The van der Waals surface area contributed by atoms with E-state index in [0.717, 1.165) is 10.6 Å². The third-order valence-electron chi connectivity index (χ3n) is 3.38. The fourth-order valence-electron chi connectivity index (χ4n) is 2.12. The van der Waals surface area contributed by atoms with E-state index in [-0.39, 0.29) is 5.69 Å². The van der Waals surface area contributed by atoms with Crippen LogP contribution in [0.15, 0.2) is 53.9 Å². The maximum Gasteiger partial charge on any atom is 0.357 e. The summed E-state index contributed by atoms with van der Waals surface area (Å²) in [6.45, 7) is 1.43. The first-order valence-electron chi connectivity index (χ1n) is 7.26. The third-order valence-corrected chi connectivity index (χ3v) is 4.27. The van der Waals surface area contributed by atoms with Crippen LogP contribution in [0.2, 0.25) is 0 Å². The summed E-state index contributed by atoms with van der Waals surface area (Å²) in [6, 6.07) is 14.7. The second-order valence-corrected chi connectivity index (χ2v) is 6.04. The largest absolute Gasteiger partial charge is 0.448 e. The van der Waals surface area contributed by atoms with Crippen LogP contribution in [0.4, 0.5) is 0 Å². The number of nitrogens with zero attached hydrogens (tertiary/aromatic N) is 2. The molecule has 0 aliphatic carbocycles. The lowest BCUT2D eigenvalue weighted by molar-refractivity contribution is -0.125. The Morgan fingerprint density at radius 2 is 1.96 bits per heavy atom. The van der Waals surface area contributed by atoms with E-state index in [2.05, 4.69) is 5.10 Å². The number of primary amides is 1. The van der Waals surface area contributed by atoms with Gasteiger partial charge in [0.25, 0.3) is 5.91 Å². The van der Waals surface area contributed by atoms with Crippen molar-refractivity contribution in [2.24, 2.45) is 5.73 Å². The molecule has 0 spiro atoms. The molecule has 0 aliphatic rings. The first kappa shape index (κ1) is 15.9. The molecular weight excluding hydrogens is 326 g/mol. The standard InChI is InChI=1S/C17H15N3O3S/c1-11(16(18)21)23-17(22)14-10-13(15-8-5-9-24-15)19-20(14)12-6-3-2-4-7-12/h2-11H,1H3,(H2,18,21). The van der Waals surface area contributed by atoms with E-state index in [1.165, 1.54) is 22.9 Å². The second-order valence-electron chi connectivity index (χ2n) is 5.09. The van der Waals surface area contributed by atoms with Crippen LogP contribution >= 0.6 is 11.3 Å². The highest BCUT2D eigenvalue weighted by Crippen LogP contribution is 2.26. The second kappa shape index (κ2) is 6.67. The first-order chi connectivity index (χ1) is 11.6. The molecule has 2 heterocycles. The van der Waals surface area contributed by atoms with Crippen LogP contribution in [0.3, 0.4) is 0 Å². The molecule has 0 aliphatic heterocycles. The number of para-hydroxylation sites is 1. The van der Waals surface area contributed by atoms with Crippen LogP contribution in [0.1, 0.15) is 17.4 Å². The summed E-state index contributed by atoms with van der Waals surface area (Å²) in [5.74, 6) is -1.35. The number of carbonyl (C=O) groups is 2. The molecule has 24 heavy (non-hydrogen) atoms. The number of esters is 1. The van der Waals surface area contributed by atoms with Gasteiger partial charge in [0, 0.05) is 6.07 Å². The highest BCUT2D eigenvalue weighted by atomic mass is 32.1. The minimum absolute atomic E-state index is 0.234. The van der Waals surface area contributed by atoms with Crippen LogP contribution < -0.4 is 5.73 Å². The van der Waals surface area contributed by atoms with Gasteiger partial charge >= 0.3 is 5.97 Å². The van der Waals surface area contributed by atoms with Gasteiger partial charge in [0.1, 0.15) is 5.69 Å². The van der Waals surface area contributed by atoms with Crippen LogP contribution in [-0.4, -0.2) is 27.8 Å². The number of thiophene rings is 1. The molecule has 3 aromatic rings. The van der Waals surface area contributed by atoms with Gasteiger partial charge in [-0.1, -0.05) is 24.3 Å². The number of ether oxygens (including phenoxy) is 1. The van der Waals surface area contributed by atoms with Crippen molar-refractivity contribution in [2.45, 2.75) is 13.0 Å². The third kappa shape index (κ3) is 3.21. The van der Waals surface area contributed by atoms with Crippen molar-refractivity contribution in [3.8, 4) is 16.3 Å². The van der Waals surface area contributed by atoms with Gasteiger partial charge in [-0.2, -0.15) is 5.10 Å². The molecule has 0 fully saturated rings. The molecule has 3 rings (SSSR count). The summed E-state index contributed by atoms with van der Waals surface area (Å²) in [7, 11) is 0. The van der Waals surface area contributed by atoms with Gasteiger partial charge in [0.2, 0.25) is 0 Å². The van der Waals surface area contributed by atoms with Crippen molar-refractivity contribution in [1.82, 2.24) is 9.78 Å². The molecule has 1 amide bonds. The van der Waals surface area contributed by atoms with Crippen LogP contribution in [0.5, 0.6) is 0 Å². The summed E-state index contributed by atoms with van der Waals surface area (Å²) < 4.78 is 6.62. The van der Waals surface area contributed by atoms with E-state index in [0.29, 0.717) is 5.69 Å². The Morgan fingerprint density at radius 1 is 1.21 bits per heavy atom. The smallest absolute Gasteiger partial charge is 0.357 e. The highest BCUT2D eigenvalue weighted by Gasteiger charge is 2.22. The Morgan fingerprint density at radius 3 is 2.58 bits per heavy atom. The van der Waals surface area contributed by atoms with Crippen molar-refractivity contribution in [2.75, 3.05) is 0 Å². The summed E-state index contributed by atoms with van der Waals surface area (Å²) in [6.07, 6.45) is -1.01. The Labute approximate surface area is 142 Å². The van der Waals surface area contributed by atoms with Crippen LogP contribution in [-0.2, 0) is 9.53 Å². The quantitative estimate of drug-likeness (QED) is 0.723. The molecule has 0 saturated carbocycles. The molecular formula is C17H15N3O3S. The van der Waals surface area contributed by atoms with Gasteiger partial charge in [0.05, 0.1) is 10.6 Å². The van der Waals surface area contributed by atoms with Gasteiger partial charge in [-0.05, 0) is 30.5 Å². The zero-order valence-electron chi connectivity index (χ0n) is 12.9. The molecule has 1 atom stereocenters. The Kier molecular flexibility index (Phi) is 4.43. The van der Waals surface area contributed by atoms with Crippen molar-refractivity contribution >= 4 is 23.2 Å². The summed E-state index contributed by atoms with van der Waals surface area (Å²) in [4.78, 5) is 24.5. The van der Waals surface area contributed by atoms with Crippen LogP contribution in [0, 0.1) is 0 Å². The van der Waals surface area contributed by atoms with E-state index < -0.39 is 18.0 Å². The average molecular weight is 341 g/mol. The minimum atomic E-state index is -1.01. The number of nitrogens with two attached hydrogens (primary N) is 1. The summed E-state index contributed by atoms with van der Waals surface area (Å²) in [5.41, 5.74) is 6.77.